The van der Waals surface area contributed by atoms with Crippen molar-refractivity contribution in [1.82, 2.24) is 0 Å². The van der Waals surface area contributed by atoms with Crippen molar-refractivity contribution in [2.75, 3.05) is 13.2 Å². The van der Waals surface area contributed by atoms with E-state index in [4.69, 9.17) is 0 Å². The summed E-state index contributed by atoms with van der Waals surface area (Å²) in [5.74, 6) is 0.487. The fourth-order valence-electron chi connectivity index (χ4n) is 0.469. The number of hydrogen-bond donors (Lipinski definition) is 0. The fourth-order valence-corrected chi connectivity index (χ4v) is 0.469. The Labute approximate surface area is 117 Å². The SMILES string of the molecule is CC(C)COC(=O)[O-].CC(C)COC(=O)[O-].[Mg+2]. The summed E-state index contributed by atoms with van der Waals surface area (Å²) in [6.07, 6.45) is -2.89. The molecule has 0 aliphatic rings. The largest absolute Gasteiger partial charge is 2.00 e. The Bertz CT molecular complexity index is 183. The van der Waals surface area contributed by atoms with Crippen LogP contribution in [0.25, 0.3) is 0 Å². The summed E-state index contributed by atoms with van der Waals surface area (Å²) in [4.78, 5) is 19.1. The van der Waals surface area contributed by atoms with E-state index in [0.717, 1.165) is 0 Å². The standard InChI is InChI=1S/2C5H10O3.Mg/c2*1-4(2)3-8-5(6)7;/h2*4H,3H2,1-2H3,(H,6,7);/q;;+2/p-2. The molecule has 0 spiro atoms. The van der Waals surface area contributed by atoms with Crippen LogP contribution in [0.15, 0.2) is 0 Å². The van der Waals surface area contributed by atoms with Gasteiger partial charge in [-0.05, 0) is 11.8 Å². The molecule has 0 aliphatic carbocycles. The molecule has 0 amide bonds. The third kappa shape index (κ3) is 31.3. The molecule has 0 rings (SSSR count). The first-order valence-electron chi connectivity index (χ1n) is 4.93. The average molecular weight is 259 g/mol. The Hall–Kier alpha value is -0.694. The smallest absolute Gasteiger partial charge is 0.549 e. The molecule has 96 valence electrons. The molecular formula is C10H18MgO6. The number of carboxylic acid groups (broad SMARTS) is 2. The van der Waals surface area contributed by atoms with E-state index in [-0.39, 0.29) is 48.1 Å². The van der Waals surface area contributed by atoms with E-state index in [9.17, 15) is 19.8 Å². The van der Waals surface area contributed by atoms with Crippen molar-refractivity contribution in [3.05, 3.63) is 0 Å². The Kier molecular flexibility index (Phi) is 17.0. The van der Waals surface area contributed by atoms with Crippen molar-refractivity contribution < 1.29 is 29.3 Å². The van der Waals surface area contributed by atoms with Crippen LogP contribution in [0.1, 0.15) is 27.7 Å². The van der Waals surface area contributed by atoms with Gasteiger partial charge in [-0.3, -0.25) is 0 Å². The van der Waals surface area contributed by atoms with E-state index in [0.29, 0.717) is 0 Å². The van der Waals surface area contributed by atoms with Gasteiger partial charge in [-0.2, -0.15) is 0 Å². The molecule has 0 aliphatic heterocycles. The minimum absolute atomic E-state index is 0. The van der Waals surface area contributed by atoms with Crippen molar-refractivity contribution >= 4 is 35.4 Å². The fraction of sp³-hybridized carbons (Fsp3) is 0.800. The van der Waals surface area contributed by atoms with Gasteiger partial charge in [0.2, 0.25) is 0 Å². The normalized spacial score (nSPS) is 8.82. The zero-order chi connectivity index (χ0) is 13.1. The Morgan fingerprint density at radius 3 is 1.18 bits per heavy atom. The van der Waals surface area contributed by atoms with Crippen LogP contribution < -0.4 is 10.2 Å². The van der Waals surface area contributed by atoms with E-state index >= 15 is 0 Å². The second-order valence-electron chi connectivity index (χ2n) is 3.91. The first-order chi connectivity index (χ1) is 7.25. The molecule has 0 aromatic rings. The summed E-state index contributed by atoms with van der Waals surface area (Å²) in [5, 5.41) is 19.1. The summed E-state index contributed by atoms with van der Waals surface area (Å²) in [5.41, 5.74) is 0. The minimum Gasteiger partial charge on any atom is -0.549 e. The molecule has 0 N–H and O–H groups in total. The van der Waals surface area contributed by atoms with Crippen LogP contribution in [-0.4, -0.2) is 48.6 Å². The van der Waals surface area contributed by atoms with Crippen LogP contribution in [0.5, 0.6) is 0 Å². The number of carbonyl (C=O) groups is 2. The van der Waals surface area contributed by atoms with Crippen LogP contribution in [0.3, 0.4) is 0 Å². The van der Waals surface area contributed by atoms with Gasteiger partial charge in [0.1, 0.15) is 0 Å². The predicted molar refractivity (Wildman–Crippen MR) is 58.1 cm³/mol. The van der Waals surface area contributed by atoms with Crippen molar-refractivity contribution in [3.8, 4) is 0 Å². The van der Waals surface area contributed by atoms with E-state index < -0.39 is 12.3 Å². The van der Waals surface area contributed by atoms with Crippen molar-refractivity contribution in [3.63, 3.8) is 0 Å². The van der Waals surface area contributed by atoms with Gasteiger partial charge in [0.25, 0.3) is 12.3 Å². The van der Waals surface area contributed by atoms with Gasteiger partial charge in [-0.25, -0.2) is 0 Å². The van der Waals surface area contributed by atoms with Crippen LogP contribution in [0, 0.1) is 11.8 Å². The second kappa shape index (κ2) is 13.4. The van der Waals surface area contributed by atoms with E-state index in [1.165, 1.54) is 0 Å². The van der Waals surface area contributed by atoms with Gasteiger partial charge < -0.3 is 29.3 Å². The van der Waals surface area contributed by atoms with Gasteiger partial charge >= 0.3 is 23.1 Å². The quantitative estimate of drug-likeness (QED) is 0.504. The maximum Gasteiger partial charge on any atom is 2.00 e. The average Bonchev–Trinajstić information content (AvgIpc) is 2.12. The van der Waals surface area contributed by atoms with Gasteiger partial charge in [-0.15, -0.1) is 0 Å². The molecule has 0 unspecified atom stereocenters. The molecule has 7 heteroatoms. The van der Waals surface area contributed by atoms with E-state index in [1.807, 2.05) is 27.7 Å². The summed E-state index contributed by atoms with van der Waals surface area (Å²) < 4.78 is 8.22. The monoisotopic (exact) mass is 258 g/mol. The Morgan fingerprint density at radius 1 is 0.882 bits per heavy atom. The Morgan fingerprint density at radius 2 is 1.12 bits per heavy atom. The number of ether oxygens (including phenoxy) is 2. The van der Waals surface area contributed by atoms with Crippen molar-refractivity contribution in [1.29, 1.82) is 0 Å². The van der Waals surface area contributed by atoms with Gasteiger partial charge in [0.15, 0.2) is 0 Å². The number of carbonyl (C=O) groups excluding carboxylic acids is 2. The first kappa shape index (κ1) is 21.6. The van der Waals surface area contributed by atoms with Gasteiger partial charge in [0, 0.05) is 13.2 Å². The number of rotatable bonds is 4. The second-order valence-corrected chi connectivity index (χ2v) is 3.91. The van der Waals surface area contributed by atoms with Crippen LogP contribution in [0.2, 0.25) is 0 Å². The maximum atomic E-state index is 9.57. The molecule has 0 heterocycles. The van der Waals surface area contributed by atoms with Crippen LogP contribution in [-0.2, 0) is 9.47 Å². The molecule has 0 fully saturated rings. The topological polar surface area (TPSA) is 98.7 Å². The molecule has 17 heavy (non-hydrogen) atoms. The van der Waals surface area contributed by atoms with Crippen LogP contribution in [0.4, 0.5) is 9.59 Å². The predicted octanol–water partition coefficient (Wildman–Crippen LogP) is -0.376. The molecule has 0 atom stereocenters. The van der Waals surface area contributed by atoms with Crippen molar-refractivity contribution in [2.24, 2.45) is 11.8 Å². The first-order valence-corrected chi connectivity index (χ1v) is 4.93. The molecule has 0 aromatic heterocycles. The summed E-state index contributed by atoms with van der Waals surface area (Å²) in [7, 11) is 0. The van der Waals surface area contributed by atoms with E-state index in [2.05, 4.69) is 9.47 Å². The summed E-state index contributed by atoms with van der Waals surface area (Å²) in [6, 6.07) is 0. The summed E-state index contributed by atoms with van der Waals surface area (Å²) >= 11 is 0. The minimum atomic E-state index is -1.45. The van der Waals surface area contributed by atoms with Gasteiger partial charge in [0.05, 0.1) is 0 Å². The van der Waals surface area contributed by atoms with E-state index in [1.54, 1.807) is 0 Å². The molecule has 0 bridgehead atoms. The third-order valence-corrected chi connectivity index (χ3v) is 1.07. The zero-order valence-electron chi connectivity index (χ0n) is 10.7. The molecule has 0 radical (unpaired) electrons. The number of hydrogen-bond acceptors (Lipinski definition) is 6. The molecule has 0 aromatic carbocycles. The van der Waals surface area contributed by atoms with Gasteiger partial charge in [-0.1, -0.05) is 27.7 Å². The maximum absolute atomic E-state index is 9.57. The zero-order valence-corrected chi connectivity index (χ0v) is 12.1. The summed E-state index contributed by atoms with van der Waals surface area (Å²) in [6.45, 7) is 7.91. The van der Waals surface area contributed by atoms with Crippen LogP contribution >= 0.6 is 0 Å². The molecule has 6 nitrogen and oxygen atoms in total. The molecular weight excluding hydrogens is 240 g/mol. The third-order valence-electron chi connectivity index (χ3n) is 1.07. The Balaban J connectivity index is -0.000000218. The molecule has 0 saturated heterocycles. The molecule has 0 saturated carbocycles. The van der Waals surface area contributed by atoms with Crippen molar-refractivity contribution in [2.45, 2.75) is 27.7 Å².